The summed E-state index contributed by atoms with van der Waals surface area (Å²) in [6, 6.07) is 6.13. The van der Waals surface area contributed by atoms with Crippen LogP contribution < -0.4 is 10.9 Å². The molecule has 0 spiro atoms. The smallest absolute Gasteiger partial charge is 0.300 e. The fraction of sp³-hybridized carbons (Fsp3) is 0.429. The summed E-state index contributed by atoms with van der Waals surface area (Å²) in [7, 11) is 0. The van der Waals surface area contributed by atoms with Gasteiger partial charge in [0.2, 0.25) is 11.6 Å². The lowest BCUT2D eigenvalue weighted by Crippen LogP contribution is -2.33. The molecule has 2 heterocycles. The SMILES string of the molecule is C[C@@H](CC(=O)NC1CCCC1)Cc1nnc2c(=O)n(-c3cccc(F)c3)ccn12. The average Bonchev–Trinajstić information content (AvgIpc) is 3.32. The Kier molecular flexibility index (Phi) is 5.42. The first kappa shape index (κ1) is 19.3. The van der Waals surface area contributed by atoms with Crippen LogP contribution in [0.15, 0.2) is 41.5 Å². The number of carbonyl (C=O) groups excluding carboxylic acids is 1. The molecule has 1 fully saturated rings. The van der Waals surface area contributed by atoms with Gasteiger partial charge in [0.1, 0.15) is 11.6 Å². The number of aromatic nitrogens is 4. The van der Waals surface area contributed by atoms with Gasteiger partial charge in [0.25, 0.3) is 0 Å². The van der Waals surface area contributed by atoms with Gasteiger partial charge in [-0.05, 0) is 37.0 Å². The maximum Gasteiger partial charge on any atom is 0.300 e. The van der Waals surface area contributed by atoms with Crippen molar-refractivity contribution in [2.24, 2.45) is 5.92 Å². The molecule has 0 radical (unpaired) electrons. The molecule has 1 amide bonds. The minimum atomic E-state index is -0.416. The van der Waals surface area contributed by atoms with Gasteiger partial charge in [-0.15, -0.1) is 10.2 Å². The monoisotopic (exact) mass is 397 g/mol. The van der Waals surface area contributed by atoms with Crippen molar-refractivity contribution < 1.29 is 9.18 Å². The van der Waals surface area contributed by atoms with Gasteiger partial charge in [-0.1, -0.05) is 25.8 Å². The Morgan fingerprint density at radius 1 is 1.28 bits per heavy atom. The second-order valence-electron chi connectivity index (χ2n) is 7.83. The van der Waals surface area contributed by atoms with Gasteiger partial charge in [0.05, 0.1) is 5.69 Å². The molecule has 152 valence electrons. The first-order valence-corrected chi connectivity index (χ1v) is 10.0. The molecule has 7 nitrogen and oxygen atoms in total. The number of rotatable bonds is 6. The minimum absolute atomic E-state index is 0.0617. The number of nitrogens with zero attached hydrogens (tertiary/aromatic N) is 4. The molecular formula is C21H24FN5O2. The number of amides is 1. The zero-order valence-corrected chi connectivity index (χ0v) is 16.3. The van der Waals surface area contributed by atoms with E-state index in [4.69, 9.17) is 0 Å². The van der Waals surface area contributed by atoms with Crippen LogP contribution in [0.4, 0.5) is 4.39 Å². The average molecular weight is 397 g/mol. The van der Waals surface area contributed by atoms with Crippen LogP contribution in [0.1, 0.15) is 44.9 Å². The molecular weight excluding hydrogens is 373 g/mol. The zero-order valence-electron chi connectivity index (χ0n) is 16.3. The van der Waals surface area contributed by atoms with Gasteiger partial charge in [0, 0.05) is 31.3 Å². The Morgan fingerprint density at radius 2 is 2.07 bits per heavy atom. The highest BCUT2D eigenvalue weighted by molar-refractivity contribution is 5.76. The molecule has 29 heavy (non-hydrogen) atoms. The Morgan fingerprint density at radius 3 is 2.83 bits per heavy atom. The van der Waals surface area contributed by atoms with E-state index in [0.29, 0.717) is 30.4 Å². The molecule has 3 aromatic rings. The topological polar surface area (TPSA) is 81.3 Å². The van der Waals surface area contributed by atoms with Crippen LogP contribution in [0.25, 0.3) is 11.3 Å². The zero-order chi connectivity index (χ0) is 20.4. The summed E-state index contributed by atoms with van der Waals surface area (Å²) in [6.07, 6.45) is 8.70. The predicted molar refractivity (Wildman–Crippen MR) is 106 cm³/mol. The first-order valence-electron chi connectivity index (χ1n) is 10.0. The summed E-state index contributed by atoms with van der Waals surface area (Å²) in [5, 5.41) is 11.3. The molecule has 0 aliphatic heterocycles. The lowest BCUT2D eigenvalue weighted by Gasteiger charge is -2.14. The second-order valence-corrected chi connectivity index (χ2v) is 7.83. The molecule has 1 atom stereocenters. The second kappa shape index (κ2) is 8.14. The van der Waals surface area contributed by atoms with Crippen LogP contribution in [0, 0.1) is 11.7 Å². The van der Waals surface area contributed by atoms with Crippen LogP contribution >= 0.6 is 0 Å². The number of fused-ring (bicyclic) bond motifs is 1. The molecule has 1 saturated carbocycles. The molecule has 1 aliphatic rings. The number of carbonyl (C=O) groups is 1. The van der Waals surface area contributed by atoms with E-state index in [1.165, 1.54) is 29.5 Å². The van der Waals surface area contributed by atoms with Crippen molar-refractivity contribution in [2.45, 2.75) is 51.5 Å². The summed E-state index contributed by atoms with van der Waals surface area (Å²) >= 11 is 0. The van der Waals surface area contributed by atoms with E-state index in [1.54, 1.807) is 28.9 Å². The van der Waals surface area contributed by atoms with Crippen molar-refractivity contribution >= 4 is 11.6 Å². The quantitative estimate of drug-likeness (QED) is 0.693. The summed E-state index contributed by atoms with van der Waals surface area (Å²) in [6.45, 7) is 1.99. The van der Waals surface area contributed by atoms with Crippen LogP contribution in [-0.2, 0) is 11.2 Å². The van der Waals surface area contributed by atoms with Crippen LogP contribution in [0.5, 0.6) is 0 Å². The van der Waals surface area contributed by atoms with E-state index >= 15 is 0 Å². The maximum atomic E-state index is 13.5. The number of hydrogen-bond acceptors (Lipinski definition) is 4. The van der Waals surface area contributed by atoms with Gasteiger partial charge >= 0.3 is 5.56 Å². The summed E-state index contributed by atoms with van der Waals surface area (Å²) in [5.41, 5.74) is 0.233. The fourth-order valence-electron chi connectivity index (χ4n) is 3.96. The van der Waals surface area contributed by atoms with Gasteiger partial charge < -0.3 is 5.32 Å². The van der Waals surface area contributed by atoms with E-state index in [0.717, 1.165) is 12.8 Å². The number of halogens is 1. The molecule has 8 heteroatoms. The lowest BCUT2D eigenvalue weighted by atomic mass is 10.0. The van der Waals surface area contributed by atoms with E-state index in [2.05, 4.69) is 15.5 Å². The fourth-order valence-corrected chi connectivity index (χ4v) is 3.96. The molecule has 1 aliphatic carbocycles. The normalized spacial score (nSPS) is 15.7. The van der Waals surface area contributed by atoms with Crippen molar-refractivity contribution in [1.29, 1.82) is 0 Å². The van der Waals surface area contributed by atoms with Crippen molar-refractivity contribution in [2.75, 3.05) is 0 Å². The maximum absolute atomic E-state index is 13.5. The third kappa shape index (κ3) is 4.21. The predicted octanol–water partition coefficient (Wildman–Crippen LogP) is 2.65. The highest BCUT2D eigenvalue weighted by Crippen LogP contribution is 2.18. The number of nitrogens with one attached hydrogen (secondary N) is 1. The minimum Gasteiger partial charge on any atom is -0.353 e. The Balaban J connectivity index is 1.49. The van der Waals surface area contributed by atoms with Crippen molar-refractivity contribution in [3.63, 3.8) is 0 Å². The van der Waals surface area contributed by atoms with Gasteiger partial charge in [-0.25, -0.2) is 4.39 Å². The molecule has 0 unspecified atom stereocenters. The third-order valence-corrected chi connectivity index (χ3v) is 5.41. The lowest BCUT2D eigenvalue weighted by molar-refractivity contribution is -0.122. The molecule has 0 saturated heterocycles. The van der Waals surface area contributed by atoms with Crippen LogP contribution in [0.2, 0.25) is 0 Å². The number of hydrogen-bond donors (Lipinski definition) is 1. The van der Waals surface area contributed by atoms with Gasteiger partial charge in [-0.2, -0.15) is 0 Å². The summed E-state index contributed by atoms with van der Waals surface area (Å²) in [5.74, 6) is 0.340. The van der Waals surface area contributed by atoms with Gasteiger partial charge in [0.15, 0.2) is 0 Å². The standard InChI is InChI=1S/C21H24FN5O2/c1-14(12-19(28)23-16-6-2-3-7-16)11-18-24-25-20-21(29)26(9-10-27(18)20)17-8-4-5-15(22)13-17/h4-5,8-10,13-14,16H,2-3,6-7,11-12H2,1H3,(H,23,28)/t14-/m1/s1. The van der Waals surface area contributed by atoms with Crippen LogP contribution in [-0.4, -0.2) is 31.1 Å². The molecule has 1 aromatic carbocycles. The molecule has 2 aromatic heterocycles. The van der Waals surface area contributed by atoms with E-state index in [1.807, 2.05) is 6.92 Å². The third-order valence-electron chi connectivity index (χ3n) is 5.41. The number of benzene rings is 1. The highest BCUT2D eigenvalue weighted by atomic mass is 19.1. The largest absolute Gasteiger partial charge is 0.353 e. The Bertz CT molecular complexity index is 1080. The summed E-state index contributed by atoms with van der Waals surface area (Å²) in [4.78, 5) is 25.0. The molecule has 4 rings (SSSR count). The Hall–Kier alpha value is -3.03. The van der Waals surface area contributed by atoms with Crippen molar-refractivity contribution in [3.05, 3.63) is 58.7 Å². The van der Waals surface area contributed by atoms with Crippen molar-refractivity contribution in [3.8, 4) is 5.69 Å². The molecule has 0 bridgehead atoms. The first-order chi connectivity index (χ1) is 14.0. The highest BCUT2D eigenvalue weighted by Gasteiger charge is 2.20. The Labute approximate surface area is 167 Å². The van der Waals surface area contributed by atoms with E-state index in [9.17, 15) is 14.0 Å². The van der Waals surface area contributed by atoms with Crippen molar-refractivity contribution in [1.82, 2.24) is 24.5 Å². The van der Waals surface area contributed by atoms with E-state index < -0.39 is 5.82 Å². The molecule has 1 N–H and O–H groups in total. The van der Waals surface area contributed by atoms with Gasteiger partial charge in [-0.3, -0.25) is 18.6 Å². The van der Waals surface area contributed by atoms with Crippen LogP contribution in [0.3, 0.4) is 0 Å². The van der Waals surface area contributed by atoms with E-state index in [-0.39, 0.29) is 23.0 Å². The summed E-state index contributed by atoms with van der Waals surface area (Å²) < 4.78 is 16.5.